The van der Waals surface area contributed by atoms with Crippen LogP contribution in [0.3, 0.4) is 0 Å². The van der Waals surface area contributed by atoms with Gasteiger partial charge in [0.25, 0.3) is 0 Å². The molecule has 0 aliphatic carbocycles. The number of carbonyl (C=O) groups excluding carboxylic acids is 3. The lowest BCUT2D eigenvalue weighted by molar-refractivity contribution is -0.121. The second-order valence-electron chi connectivity index (χ2n) is 11.6. The van der Waals surface area contributed by atoms with E-state index >= 15 is 0 Å². The van der Waals surface area contributed by atoms with E-state index in [0.717, 1.165) is 28.0 Å². The predicted molar refractivity (Wildman–Crippen MR) is 161 cm³/mol. The van der Waals surface area contributed by atoms with Crippen molar-refractivity contribution in [3.8, 4) is 0 Å². The number of nitrogens with one attached hydrogen (secondary N) is 1. The molecule has 4 aromatic rings. The van der Waals surface area contributed by atoms with Gasteiger partial charge in [0.05, 0.1) is 12.0 Å². The fraction of sp³-hybridized carbons (Fsp3) is 0.194. The number of nitrogens with zero attached hydrogens (tertiary/aromatic N) is 1. The molecule has 0 unspecified atom stereocenters. The molecule has 4 aromatic carbocycles. The van der Waals surface area contributed by atoms with Gasteiger partial charge >= 0.3 is 0 Å². The number of allylic oxidation sites excluding steroid dienone is 1. The van der Waals surface area contributed by atoms with Crippen LogP contribution in [0.4, 0.5) is 15.8 Å². The molecule has 3 aliphatic heterocycles. The van der Waals surface area contributed by atoms with Crippen molar-refractivity contribution in [1.29, 1.82) is 0 Å². The van der Waals surface area contributed by atoms with Crippen molar-refractivity contribution in [2.75, 3.05) is 10.2 Å². The number of benzene rings is 4. The maximum atomic E-state index is 14.8. The van der Waals surface area contributed by atoms with E-state index in [-0.39, 0.29) is 23.0 Å². The zero-order valence-electron chi connectivity index (χ0n) is 23.5. The van der Waals surface area contributed by atoms with E-state index in [9.17, 15) is 18.8 Å². The molecule has 1 amide bonds. The van der Waals surface area contributed by atoms with Crippen LogP contribution < -0.4 is 10.2 Å². The quantitative estimate of drug-likeness (QED) is 0.285. The highest BCUT2D eigenvalue weighted by Crippen LogP contribution is 2.58. The minimum atomic E-state index is -1.41. The number of hydrogen-bond donors (Lipinski definition) is 1. The summed E-state index contributed by atoms with van der Waals surface area (Å²) in [5, 5.41) is 3.04. The van der Waals surface area contributed by atoms with Gasteiger partial charge in [-0.1, -0.05) is 65.7 Å². The Labute approximate surface area is 243 Å². The molecule has 3 heterocycles. The number of rotatable bonds is 4. The summed E-state index contributed by atoms with van der Waals surface area (Å²) in [6.07, 6.45) is 2.04. The molecule has 1 saturated heterocycles. The number of halogens is 1. The van der Waals surface area contributed by atoms with E-state index in [2.05, 4.69) is 11.4 Å². The minimum Gasteiger partial charge on any atom is -0.352 e. The third-order valence-corrected chi connectivity index (χ3v) is 9.15. The Hall–Kier alpha value is -4.84. The molecule has 7 rings (SSSR count). The predicted octanol–water partition coefficient (Wildman–Crippen LogP) is 6.69. The van der Waals surface area contributed by atoms with Crippen LogP contribution in [0.25, 0.3) is 5.57 Å². The average Bonchev–Trinajstić information content (AvgIpc) is 3.45. The Bertz CT molecular complexity index is 1830. The molecule has 208 valence electrons. The Balaban J connectivity index is 1.55. The molecular formula is C36H29FN2O3. The van der Waals surface area contributed by atoms with E-state index in [0.29, 0.717) is 16.8 Å². The van der Waals surface area contributed by atoms with Crippen molar-refractivity contribution in [3.63, 3.8) is 0 Å². The summed E-state index contributed by atoms with van der Waals surface area (Å²) in [5.41, 5.74) is 5.44. The zero-order valence-corrected chi connectivity index (χ0v) is 23.5. The molecule has 0 bridgehead atoms. The van der Waals surface area contributed by atoms with Crippen LogP contribution in [0.1, 0.15) is 49.9 Å². The molecule has 42 heavy (non-hydrogen) atoms. The number of hydrogen-bond acceptors (Lipinski definition) is 4. The summed E-state index contributed by atoms with van der Waals surface area (Å²) in [6, 6.07) is 24.5. The number of Topliss-reactive ketones (excluding diaryl/α,β-unsaturated/α-hetero) is 2. The third-order valence-electron chi connectivity index (χ3n) is 9.15. The van der Waals surface area contributed by atoms with Crippen LogP contribution in [0, 0.1) is 25.6 Å². The number of anilines is 2. The SMILES string of the molecule is CC1=C[C@@H]2N(c3ccc(C)cc31)[C@H](C(=O)c1ccc(C)cc1)[C@@H](C(=O)c1ccc(F)cc1)[C@@]21C(=O)Nc2ccccc21. The standard InChI is InChI=1S/C36H29FN2O3/c1-20-8-11-24(12-9-20)34(41)32-31(33(40)23-13-15-25(37)16-14-23)36(27-6-4-5-7-28(27)38-35(36)42)30-19-22(3)26-18-21(2)10-17-29(26)39(30)32/h4-19,30-32H,1-3H3,(H,38,42)/t30-,31-,32-,36-/m0/s1. The lowest BCUT2D eigenvalue weighted by Crippen LogP contribution is -2.51. The minimum absolute atomic E-state index is 0.242. The van der Waals surface area contributed by atoms with Crippen LogP contribution >= 0.6 is 0 Å². The topological polar surface area (TPSA) is 66.5 Å². The number of aryl methyl sites for hydroxylation is 2. The number of ketones is 2. The monoisotopic (exact) mass is 556 g/mol. The second kappa shape index (κ2) is 9.35. The first-order valence-corrected chi connectivity index (χ1v) is 14.1. The van der Waals surface area contributed by atoms with Gasteiger partial charge in [0.1, 0.15) is 17.3 Å². The van der Waals surface area contributed by atoms with Gasteiger partial charge in [0.15, 0.2) is 11.6 Å². The lowest BCUT2D eigenvalue weighted by atomic mass is 9.64. The van der Waals surface area contributed by atoms with Crippen molar-refractivity contribution in [3.05, 3.63) is 136 Å². The first-order chi connectivity index (χ1) is 20.2. The van der Waals surface area contributed by atoms with E-state index in [4.69, 9.17) is 0 Å². The molecule has 0 radical (unpaired) electrons. The summed E-state index contributed by atoms with van der Waals surface area (Å²) in [7, 11) is 0. The molecule has 6 heteroatoms. The lowest BCUT2D eigenvalue weighted by Gasteiger charge is -2.39. The molecule has 0 saturated carbocycles. The summed E-state index contributed by atoms with van der Waals surface area (Å²) in [6.45, 7) is 5.97. The maximum absolute atomic E-state index is 14.8. The van der Waals surface area contributed by atoms with Gasteiger partial charge in [0, 0.05) is 28.1 Å². The van der Waals surface area contributed by atoms with Crippen molar-refractivity contribution >= 4 is 34.4 Å². The van der Waals surface area contributed by atoms with Crippen molar-refractivity contribution < 1.29 is 18.8 Å². The normalized spacial score (nSPS) is 23.6. The van der Waals surface area contributed by atoms with Crippen molar-refractivity contribution in [2.24, 2.45) is 5.92 Å². The first-order valence-electron chi connectivity index (χ1n) is 14.1. The fourth-order valence-corrected chi connectivity index (χ4v) is 7.23. The van der Waals surface area contributed by atoms with E-state index in [1.54, 1.807) is 12.1 Å². The Kier molecular flexibility index (Phi) is 5.80. The molecule has 0 aromatic heterocycles. The smallest absolute Gasteiger partial charge is 0.238 e. The summed E-state index contributed by atoms with van der Waals surface area (Å²) < 4.78 is 14.0. The second-order valence-corrected chi connectivity index (χ2v) is 11.6. The third kappa shape index (κ3) is 3.57. The van der Waals surface area contributed by atoms with Crippen LogP contribution in [-0.4, -0.2) is 29.6 Å². The molecule has 1 spiro atoms. The number of para-hydroxylation sites is 1. The molecular weight excluding hydrogens is 527 g/mol. The highest BCUT2D eigenvalue weighted by Gasteiger charge is 2.70. The van der Waals surface area contributed by atoms with Crippen molar-refractivity contribution in [1.82, 2.24) is 0 Å². The number of fused-ring (bicyclic) bond motifs is 6. The van der Waals surface area contributed by atoms with E-state index < -0.39 is 29.2 Å². The number of amides is 1. The maximum Gasteiger partial charge on any atom is 0.238 e. The molecule has 1 fully saturated rings. The van der Waals surface area contributed by atoms with Crippen LogP contribution in [0.2, 0.25) is 0 Å². The zero-order chi connectivity index (χ0) is 29.3. The summed E-state index contributed by atoms with van der Waals surface area (Å²) >= 11 is 0. The first kappa shape index (κ1) is 26.1. The number of carbonyl (C=O) groups is 3. The van der Waals surface area contributed by atoms with E-state index in [1.807, 2.05) is 80.3 Å². The van der Waals surface area contributed by atoms with E-state index in [1.165, 1.54) is 24.3 Å². The molecule has 3 aliphatic rings. The Morgan fingerprint density at radius 2 is 1.45 bits per heavy atom. The Morgan fingerprint density at radius 3 is 2.19 bits per heavy atom. The summed E-state index contributed by atoms with van der Waals surface area (Å²) in [4.78, 5) is 45.9. The largest absolute Gasteiger partial charge is 0.352 e. The van der Waals surface area contributed by atoms with Crippen LogP contribution in [-0.2, 0) is 10.2 Å². The average molecular weight is 557 g/mol. The highest BCUT2D eigenvalue weighted by atomic mass is 19.1. The molecule has 4 atom stereocenters. The molecule has 5 nitrogen and oxygen atoms in total. The van der Waals surface area contributed by atoms with Gasteiger partial charge < -0.3 is 10.2 Å². The van der Waals surface area contributed by atoms with Crippen LogP contribution in [0.15, 0.2) is 97.1 Å². The Morgan fingerprint density at radius 1 is 0.810 bits per heavy atom. The van der Waals surface area contributed by atoms with Gasteiger partial charge in [-0.25, -0.2) is 4.39 Å². The van der Waals surface area contributed by atoms with Gasteiger partial charge in [-0.15, -0.1) is 0 Å². The van der Waals surface area contributed by atoms with Gasteiger partial charge in [0.2, 0.25) is 5.91 Å². The molecule has 1 N–H and O–H groups in total. The van der Waals surface area contributed by atoms with Gasteiger partial charge in [-0.3, -0.25) is 14.4 Å². The van der Waals surface area contributed by atoms with Gasteiger partial charge in [-0.2, -0.15) is 0 Å². The fourth-order valence-electron chi connectivity index (χ4n) is 7.23. The summed E-state index contributed by atoms with van der Waals surface area (Å²) in [5.74, 6) is -2.50. The van der Waals surface area contributed by atoms with Crippen LogP contribution in [0.5, 0.6) is 0 Å². The van der Waals surface area contributed by atoms with Gasteiger partial charge in [-0.05, 0) is 74.4 Å². The van der Waals surface area contributed by atoms with Crippen molar-refractivity contribution in [2.45, 2.75) is 38.3 Å². The highest BCUT2D eigenvalue weighted by molar-refractivity contribution is 6.18.